The van der Waals surface area contributed by atoms with Crippen LogP contribution >= 0.6 is 0 Å². The van der Waals surface area contributed by atoms with E-state index in [9.17, 15) is 0 Å². The zero-order valence-corrected chi connectivity index (χ0v) is 12.8. The van der Waals surface area contributed by atoms with E-state index in [1.165, 1.54) is 25.9 Å². The zero-order chi connectivity index (χ0) is 13.9. The number of piperidine rings is 1. The minimum absolute atomic E-state index is 0.451. The lowest BCUT2D eigenvalue weighted by molar-refractivity contribution is 0.104. The molecular weight excluding hydrogens is 236 g/mol. The van der Waals surface area contributed by atoms with Gasteiger partial charge in [0.2, 0.25) is 0 Å². The molecule has 2 heterocycles. The summed E-state index contributed by atoms with van der Waals surface area (Å²) < 4.78 is 5.90. The van der Waals surface area contributed by atoms with E-state index in [-0.39, 0.29) is 0 Å². The predicted octanol–water partition coefficient (Wildman–Crippen LogP) is 3.40. The van der Waals surface area contributed by atoms with Crippen LogP contribution in [0.3, 0.4) is 0 Å². The van der Waals surface area contributed by atoms with E-state index in [0.717, 1.165) is 24.6 Å². The average molecular weight is 264 g/mol. The van der Waals surface area contributed by atoms with Gasteiger partial charge in [0.15, 0.2) is 0 Å². The fourth-order valence-corrected chi connectivity index (χ4v) is 2.81. The highest BCUT2D eigenvalue weighted by atomic mass is 16.3. The number of furan rings is 1. The van der Waals surface area contributed by atoms with Crippen LogP contribution in [0.25, 0.3) is 0 Å². The molecule has 0 aromatic carbocycles. The lowest BCUT2D eigenvalue weighted by Gasteiger charge is -2.37. The van der Waals surface area contributed by atoms with Gasteiger partial charge in [0.05, 0.1) is 13.1 Å². The van der Waals surface area contributed by atoms with Crippen molar-refractivity contribution in [2.24, 2.45) is 5.41 Å². The van der Waals surface area contributed by atoms with Gasteiger partial charge in [0, 0.05) is 12.6 Å². The Balaban J connectivity index is 1.85. The zero-order valence-electron chi connectivity index (χ0n) is 12.8. The van der Waals surface area contributed by atoms with E-state index in [1.54, 1.807) is 0 Å². The van der Waals surface area contributed by atoms with Crippen molar-refractivity contribution in [3.8, 4) is 0 Å². The highest BCUT2D eigenvalue weighted by Crippen LogP contribution is 2.29. The van der Waals surface area contributed by atoms with Crippen molar-refractivity contribution in [2.75, 3.05) is 13.1 Å². The van der Waals surface area contributed by atoms with Crippen LogP contribution in [-0.2, 0) is 13.1 Å². The summed E-state index contributed by atoms with van der Waals surface area (Å²) in [6.45, 7) is 13.2. The molecule has 1 saturated heterocycles. The maximum absolute atomic E-state index is 5.90. The maximum Gasteiger partial charge on any atom is 0.118 e. The van der Waals surface area contributed by atoms with E-state index in [4.69, 9.17) is 4.42 Å². The van der Waals surface area contributed by atoms with Crippen LogP contribution in [-0.4, -0.2) is 24.0 Å². The van der Waals surface area contributed by atoms with E-state index in [2.05, 4.69) is 50.0 Å². The molecule has 108 valence electrons. The molecule has 19 heavy (non-hydrogen) atoms. The molecule has 3 nitrogen and oxygen atoms in total. The highest BCUT2D eigenvalue weighted by Gasteiger charge is 2.26. The van der Waals surface area contributed by atoms with E-state index < -0.39 is 0 Å². The molecule has 1 N–H and O–H groups in total. The molecule has 0 spiro atoms. The molecule has 2 rings (SSSR count). The molecule has 1 fully saturated rings. The molecule has 0 aliphatic carbocycles. The van der Waals surface area contributed by atoms with Crippen molar-refractivity contribution in [3.63, 3.8) is 0 Å². The summed E-state index contributed by atoms with van der Waals surface area (Å²) in [5.74, 6) is 2.14. The minimum atomic E-state index is 0.451. The average Bonchev–Trinajstić information content (AvgIpc) is 2.73. The SMILES string of the molecule is CC(C)NCc1ccc(CN2CCCC(C)(C)C2)o1. The molecule has 0 bridgehead atoms. The number of hydrogen-bond donors (Lipinski definition) is 1. The molecule has 0 radical (unpaired) electrons. The van der Waals surface area contributed by atoms with Gasteiger partial charge >= 0.3 is 0 Å². The van der Waals surface area contributed by atoms with Gasteiger partial charge in [0.1, 0.15) is 11.5 Å². The van der Waals surface area contributed by atoms with Crippen molar-refractivity contribution in [2.45, 2.75) is 59.7 Å². The summed E-state index contributed by atoms with van der Waals surface area (Å²) in [5, 5.41) is 3.38. The molecule has 1 aliphatic rings. The van der Waals surface area contributed by atoms with Crippen LogP contribution in [0.2, 0.25) is 0 Å². The molecular formula is C16H28N2O. The van der Waals surface area contributed by atoms with Crippen molar-refractivity contribution in [3.05, 3.63) is 23.7 Å². The molecule has 0 saturated carbocycles. The minimum Gasteiger partial charge on any atom is -0.463 e. The Morgan fingerprint density at radius 1 is 1.32 bits per heavy atom. The first-order chi connectivity index (χ1) is 8.94. The molecule has 1 aromatic heterocycles. The van der Waals surface area contributed by atoms with E-state index >= 15 is 0 Å². The van der Waals surface area contributed by atoms with Gasteiger partial charge in [-0.3, -0.25) is 4.90 Å². The third-order valence-electron chi connectivity index (χ3n) is 3.76. The summed E-state index contributed by atoms with van der Waals surface area (Å²) >= 11 is 0. The second-order valence-electron chi connectivity index (χ2n) is 6.88. The Hall–Kier alpha value is -0.800. The van der Waals surface area contributed by atoms with Gasteiger partial charge in [-0.25, -0.2) is 0 Å². The summed E-state index contributed by atoms with van der Waals surface area (Å²) in [5.41, 5.74) is 0.451. The van der Waals surface area contributed by atoms with Crippen LogP contribution in [0.1, 0.15) is 52.1 Å². The molecule has 1 aromatic rings. The first kappa shape index (κ1) is 14.6. The standard InChI is InChI=1S/C16H28N2O/c1-13(2)17-10-14-6-7-15(19-14)11-18-9-5-8-16(3,4)12-18/h6-7,13,17H,5,8-12H2,1-4H3. The normalized spacial score (nSPS) is 20.1. The molecule has 1 aliphatic heterocycles. The molecule has 0 unspecified atom stereocenters. The first-order valence-corrected chi connectivity index (χ1v) is 7.48. The number of nitrogens with zero attached hydrogens (tertiary/aromatic N) is 1. The van der Waals surface area contributed by atoms with Crippen molar-refractivity contribution in [1.29, 1.82) is 0 Å². The Morgan fingerprint density at radius 2 is 2.05 bits per heavy atom. The van der Waals surface area contributed by atoms with Crippen LogP contribution in [0.15, 0.2) is 16.5 Å². The summed E-state index contributed by atoms with van der Waals surface area (Å²) in [4.78, 5) is 2.52. The quantitative estimate of drug-likeness (QED) is 0.883. The number of hydrogen-bond acceptors (Lipinski definition) is 3. The second-order valence-corrected chi connectivity index (χ2v) is 6.88. The largest absolute Gasteiger partial charge is 0.463 e. The lowest BCUT2D eigenvalue weighted by Crippen LogP contribution is -2.39. The highest BCUT2D eigenvalue weighted by molar-refractivity contribution is 5.07. The van der Waals surface area contributed by atoms with Gasteiger partial charge in [-0.05, 0) is 36.9 Å². The van der Waals surface area contributed by atoms with Crippen LogP contribution < -0.4 is 5.32 Å². The van der Waals surface area contributed by atoms with E-state index in [1.807, 2.05) is 0 Å². The molecule has 3 heteroatoms. The molecule has 0 amide bonds. The second kappa shape index (κ2) is 6.10. The lowest BCUT2D eigenvalue weighted by atomic mass is 9.84. The van der Waals surface area contributed by atoms with Gasteiger partial charge in [0.25, 0.3) is 0 Å². The van der Waals surface area contributed by atoms with Crippen molar-refractivity contribution >= 4 is 0 Å². The van der Waals surface area contributed by atoms with Crippen molar-refractivity contribution < 1.29 is 4.42 Å². The summed E-state index contributed by atoms with van der Waals surface area (Å²) in [6.07, 6.45) is 2.64. The summed E-state index contributed by atoms with van der Waals surface area (Å²) in [7, 11) is 0. The number of nitrogens with one attached hydrogen (secondary N) is 1. The van der Waals surface area contributed by atoms with Crippen LogP contribution in [0.5, 0.6) is 0 Å². The number of likely N-dealkylation sites (tertiary alicyclic amines) is 1. The smallest absolute Gasteiger partial charge is 0.118 e. The fraction of sp³-hybridized carbons (Fsp3) is 0.750. The van der Waals surface area contributed by atoms with E-state index in [0.29, 0.717) is 11.5 Å². The topological polar surface area (TPSA) is 28.4 Å². The summed E-state index contributed by atoms with van der Waals surface area (Å²) in [6, 6.07) is 4.72. The van der Waals surface area contributed by atoms with Gasteiger partial charge in [-0.15, -0.1) is 0 Å². The Kier molecular flexibility index (Phi) is 4.69. The third-order valence-corrected chi connectivity index (χ3v) is 3.76. The monoisotopic (exact) mass is 264 g/mol. The van der Waals surface area contributed by atoms with Crippen molar-refractivity contribution in [1.82, 2.24) is 10.2 Å². The first-order valence-electron chi connectivity index (χ1n) is 7.48. The molecule has 0 atom stereocenters. The predicted molar refractivity (Wildman–Crippen MR) is 79.0 cm³/mol. The van der Waals surface area contributed by atoms with Gasteiger partial charge in [-0.1, -0.05) is 27.7 Å². The van der Waals surface area contributed by atoms with Gasteiger partial charge in [-0.2, -0.15) is 0 Å². The maximum atomic E-state index is 5.90. The fourth-order valence-electron chi connectivity index (χ4n) is 2.81. The Bertz CT molecular complexity index is 395. The third kappa shape index (κ3) is 4.66. The number of rotatable bonds is 5. The van der Waals surface area contributed by atoms with Crippen LogP contribution in [0, 0.1) is 5.41 Å². The van der Waals surface area contributed by atoms with Gasteiger partial charge < -0.3 is 9.73 Å². The Labute approximate surface area is 117 Å². The van der Waals surface area contributed by atoms with Crippen LogP contribution in [0.4, 0.5) is 0 Å². The Morgan fingerprint density at radius 3 is 2.74 bits per heavy atom.